The fourth-order valence-electron chi connectivity index (χ4n) is 3.11. The highest BCUT2D eigenvalue weighted by Gasteiger charge is 2.25. The molecule has 1 aliphatic carbocycles. The van der Waals surface area contributed by atoms with Crippen LogP contribution in [0.5, 0.6) is 5.75 Å². The van der Waals surface area contributed by atoms with Crippen LogP contribution in [0.1, 0.15) is 0 Å². The second-order valence-corrected chi connectivity index (χ2v) is 9.29. The van der Waals surface area contributed by atoms with Crippen LogP contribution < -0.4 is 5.43 Å². The first-order chi connectivity index (χ1) is 13.6. The third kappa shape index (κ3) is 3.51. The van der Waals surface area contributed by atoms with Crippen LogP contribution in [-0.4, -0.2) is 18.1 Å². The molecule has 2 aromatic carbocycles. The number of halogens is 3. The van der Waals surface area contributed by atoms with Crippen LogP contribution >= 0.6 is 39.1 Å². The summed E-state index contributed by atoms with van der Waals surface area (Å²) in [6, 6.07) is 9.51. The normalized spacial score (nSPS) is 12.0. The summed E-state index contributed by atoms with van der Waals surface area (Å²) in [6.07, 6.45) is 0. The Morgan fingerprint density at radius 1 is 0.966 bits per heavy atom. The van der Waals surface area contributed by atoms with E-state index in [0.29, 0.717) is 21.0 Å². The molecule has 1 aliphatic heterocycles. The predicted molar refractivity (Wildman–Crippen MR) is 114 cm³/mol. The van der Waals surface area contributed by atoms with E-state index in [1.807, 2.05) is 0 Å². The highest BCUT2D eigenvalue weighted by molar-refractivity contribution is 9.10. The Bertz CT molecular complexity index is 1450. The minimum absolute atomic E-state index is 0.00496. The largest absolute Gasteiger partial charge is 0.506 e. The highest BCUT2D eigenvalue weighted by Crippen LogP contribution is 2.45. The summed E-state index contributed by atoms with van der Waals surface area (Å²) in [5, 5.41) is 10.2. The van der Waals surface area contributed by atoms with Crippen molar-refractivity contribution in [3.8, 4) is 28.2 Å². The van der Waals surface area contributed by atoms with Crippen molar-refractivity contribution in [3.05, 3.63) is 67.2 Å². The standard InChI is InChI=1S/C19H9BrCl2O6S/c20-8-1-2-9(18(3-8)29(25,26)27)19-10-4-12(21)14(23)6-16(10)28-17-7-15(24)13(22)5-11(17)19/h1-7,23H,(H,25,26,27). The van der Waals surface area contributed by atoms with Gasteiger partial charge in [-0.15, -0.1) is 0 Å². The van der Waals surface area contributed by atoms with E-state index in [1.54, 1.807) is 6.07 Å². The summed E-state index contributed by atoms with van der Waals surface area (Å²) in [6.45, 7) is 0. The molecule has 1 heterocycles. The van der Waals surface area contributed by atoms with Gasteiger partial charge in [-0.1, -0.05) is 45.2 Å². The van der Waals surface area contributed by atoms with Gasteiger partial charge in [0.25, 0.3) is 10.1 Å². The van der Waals surface area contributed by atoms with E-state index in [1.165, 1.54) is 30.3 Å². The van der Waals surface area contributed by atoms with Crippen LogP contribution in [0, 0.1) is 0 Å². The first-order valence-corrected chi connectivity index (χ1v) is 10.9. The number of aromatic hydroxyl groups is 1. The maximum Gasteiger partial charge on any atom is 0.295 e. The Morgan fingerprint density at radius 3 is 2.38 bits per heavy atom. The van der Waals surface area contributed by atoms with Crippen LogP contribution in [0.3, 0.4) is 0 Å². The maximum absolute atomic E-state index is 12.1. The predicted octanol–water partition coefficient (Wildman–Crippen LogP) is 5.59. The van der Waals surface area contributed by atoms with E-state index < -0.39 is 15.5 Å². The third-order valence-electron chi connectivity index (χ3n) is 4.33. The smallest absolute Gasteiger partial charge is 0.295 e. The summed E-state index contributed by atoms with van der Waals surface area (Å²) in [7, 11) is -4.62. The van der Waals surface area contributed by atoms with Gasteiger partial charge in [0, 0.05) is 38.7 Å². The summed E-state index contributed by atoms with van der Waals surface area (Å²) < 4.78 is 40.1. The summed E-state index contributed by atoms with van der Waals surface area (Å²) in [5.74, 6) is -0.136. The SMILES string of the molecule is O=c1cc2oc3cc(O)c(Cl)cc3c(-c3ccc(Br)cc3S(=O)(=O)O)c-2cc1Cl. The third-order valence-corrected chi connectivity index (χ3v) is 6.32. The molecule has 2 aliphatic rings. The van der Waals surface area contributed by atoms with Crippen LogP contribution in [0.15, 0.2) is 61.0 Å². The van der Waals surface area contributed by atoms with Gasteiger partial charge in [-0.3, -0.25) is 9.35 Å². The van der Waals surface area contributed by atoms with Crippen LogP contribution in [0.4, 0.5) is 0 Å². The molecule has 0 unspecified atom stereocenters. The molecule has 0 saturated carbocycles. The Morgan fingerprint density at radius 2 is 1.69 bits per heavy atom. The highest BCUT2D eigenvalue weighted by atomic mass is 79.9. The lowest BCUT2D eigenvalue weighted by Gasteiger charge is -2.17. The summed E-state index contributed by atoms with van der Waals surface area (Å²) in [4.78, 5) is 11.6. The second kappa shape index (κ2) is 7.00. The van der Waals surface area contributed by atoms with Gasteiger partial charge >= 0.3 is 0 Å². The zero-order chi connectivity index (χ0) is 21.1. The van der Waals surface area contributed by atoms with Gasteiger partial charge in [-0.05, 0) is 24.3 Å². The number of fused-ring (bicyclic) bond motifs is 2. The van der Waals surface area contributed by atoms with Gasteiger partial charge in [0.2, 0.25) is 5.43 Å². The van der Waals surface area contributed by atoms with Crippen molar-refractivity contribution in [1.82, 2.24) is 0 Å². The fraction of sp³-hybridized carbons (Fsp3) is 0. The molecule has 0 amide bonds. The molecular weight excluding hydrogens is 507 g/mol. The van der Waals surface area contributed by atoms with Crippen LogP contribution in [-0.2, 0) is 10.1 Å². The zero-order valence-corrected chi connectivity index (χ0v) is 18.0. The van der Waals surface area contributed by atoms with Gasteiger partial charge in [0.15, 0.2) is 0 Å². The van der Waals surface area contributed by atoms with Crippen molar-refractivity contribution in [2.45, 2.75) is 4.90 Å². The number of benzene rings is 3. The van der Waals surface area contributed by atoms with Crippen molar-refractivity contribution >= 4 is 60.2 Å². The Hall–Kier alpha value is -2.10. The molecule has 148 valence electrons. The van der Waals surface area contributed by atoms with Gasteiger partial charge in [0.05, 0.1) is 10.0 Å². The molecule has 0 saturated heterocycles. The number of phenolic OH excluding ortho intramolecular Hbond substituents is 1. The van der Waals surface area contributed by atoms with E-state index in [0.717, 1.165) is 6.07 Å². The van der Waals surface area contributed by atoms with Crippen LogP contribution in [0.2, 0.25) is 10.0 Å². The van der Waals surface area contributed by atoms with Crippen molar-refractivity contribution in [1.29, 1.82) is 0 Å². The minimum Gasteiger partial charge on any atom is -0.506 e. The Kier molecular flexibility index (Phi) is 4.87. The number of hydrogen-bond donors (Lipinski definition) is 2. The van der Waals surface area contributed by atoms with E-state index >= 15 is 0 Å². The van der Waals surface area contributed by atoms with Crippen molar-refractivity contribution < 1.29 is 22.5 Å². The Labute approximate surface area is 182 Å². The topological polar surface area (TPSA) is 105 Å². The minimum atomic E-state index is -4.62. The number of rotatable bonds is 2. The molecule has 0 atom stereocenters. The molecule has 4 rings (SSSR count). The quantitative estimate of drug-likeness (QED) is 0.266. The number of hydrogen-bond acceptors (Lipinski definition) is 5. The lowest BCUT2D eigenvalue weighted by Crippen LogP contribution is -2.05. The molecule has 0 aromatic heterocycles. The Balaban J connectivity index is 2.29. The molecule has 0 fully saturated rings. The lowest BCUT2D eigenvalue weighted by atomic mass is 9.93. The zero-order valence-electron chi connectivity index (χ0n) is 14.1. The van der Waals surface area contributed by atoms with Gasteiger partial charge < -0.3 is 9.52 Å². The van der Waals surface area contributed by atoms with E-state index in [2.05, 4.69) is 15.9 Å². The molecule has 10 heteroatoms. The maximum atomic E-state index is 12.1. The molecule has 0 radical (unpaired) electrons. The second-order valence-electron chi connectivity index (χ2n) is 6.17. The van der Waals surface area contributed by atoms with Crippen LogP contribution in [0.25, 0.3) is 33.4 Å². The molecular formula is C19H9BrCl2O6S. The van der Waals surface area contributed by atoms with Gasteiger partial charge in [0.1, 0.15) is 22.0 Å². The number of phenols is 1. The van der Waals surface area contributed by atoms with Gasteiger partial charge in [-0.25, -0.2) is 0 Å². The molecule has 29 heavy (non-hydrogen) atoms. The summed E-state index contributed by atoms with van der Waals surface area (Å²) in [5.41, 5.74) is 0.441. The molecule has 0 bridgehead atoms. The fourth-order valence-corrected chi connectivity index (χ4v) is 4.67. The average molecular weight is 516 g/mol. The molecule has 2 aromatic rings. The monoisotopic (exact) mass is 514 g/mol. The van der Waals surface area contributed by atoms with E-state index in [4.69, 9.17) is 27.6 Å². The molecule has 2 N–H and O–H groups in total. The first-order valence-electron chi connectivity index (χ1n) is 7.92. The average Bonchev–Trinajstić information content (AvgIpc) is 2.62. The molecule has 0 spiro atoms. The first kappa shape index (κ1) is 20.2. The summed E-state index contributed by atoms with van der Waals surface area (Å²) >= 11 is 15.3. The van der Waals surface area contributed by atoms with E-state index in [9.17, 15) is 22.9 Å². The van der Waals surface area contributed by atoms with Crippen molar-refractivity contribution in [2.75, 3.05) is 0 Å². The van der Waals surface area contributed by atoms with Crippen molar-refractivity contribution in [2.24, 2.45) is 0 Å². The van der Waals surface area contributed by atoms with E-state index in [-0.39, 0.29) is 37.6 Å². The van der Waals surface area contributed by atoms with Crippen molar-refractivity contribution in [3.63, 3.8) is 0 Å². The van der Waals surface area contributed by atoms with Gasteiger partial charge in [-0.2, -0.15) is 8.42 Å². The lowest BCUT2D eigenvalue weighted by molar-refractivity contribution is 0.474. The molecule has 6 nitrogen and oxygen atoms in total.